The molecule has 124 valence electrons. The van der Waals surface area contributed by atoms with Gasteiger partial charge in [-0.1, -0.05) is 48.5 Å². The first-order valence-corrected chi connectivity index (χ1v) is 7.96. The van der Waals surface area contributed by atoms with Gasteiger partial charge in [-0.05, 0) is 13.0 Å². The Morgan fingerprint density at radius 1 is 1.08 bits per heavy atom. The molecule has 6 heteroatoms. The minimum absolute atomic E-state index is 0.244. The Morgan fingerprint density at radius 3 is 2.48 bits per heavy atom. The lowest BCUT2D eigenvalue weighted by Crippen LogP contribution is -2.19. The van der Waals surface area contributed by atoms with E-state index in [1.54, 1.807) is 31.2 Å². The Hall–Kier alpha value is -3.41. The molecule has 4 rings (SSSR count). The number of ether oxygens (including phenoxy) is 1. The number of H-pyrrole nitrogens is 1. The van der Waals surface area contributed by atoms with Gasteiger partial charge in [-0.3, -0.25) is 9.89 Å². The molecule has 6 nitrogen and oxygen atoms in total. The van der Waals surface area contributed by atoms with E-state index in [2.05, 4.69) is 10.1 Å². The molecule has 0 atom stereocenters. The monoisotopic (exact) mass is 333 g/mol. The van der Waals surface area contributed by atoms with Crippen molar-refractivity contribution in [2.75, 3.05) is 6.61 Å². The number of esters is 1. The highest BCUT2D eigenvalue weighted by molar-refractivity contribution is 6.09. The van der Waals surface area contributed by atoms with Crippen LogP contribution < -0.4 is 5.56 Å². The largest absolute Gasteiger partial charge is 0.462 e. The van der Waals surface area contributed by atoms with E-state index in [0.717, 1.165) is 5.56 Å². The zero-order chi connectivity index (χ0) is 17.4. The summed E-state index contributed by atoms with van der Waals surface area (Å²) in [5, 5.41) is 3.97. The van der Waals surface area contributed by atoms with Crippen molar-refractivity contribution in [2.45, 2.75) is 6.92 Å². The van der Waals surface area contributed by atoms with Crippen molar-refractivity contribution in [1.29, 1.82) is 0 Å². The summed E-state index contributed by atoms with van der Waals surface area (Å²) in [5.74, 6) is 0.0147. The first kappa shape index (κ1) is 15.1. The number of pyridine rings is 1. The average molecular weight is 333 g/mol. The molecule has 0 saturated heterocycles. The summed E-state index contributed by atoms with van der Waals surface area (Å²) in [6.07, 6.45) is 0. The van der Waals surface area contributed by atoms with Crippen LogP contribution in [0.5, 0.6) is 0 Å². The fourth-order valence-corrected chi connectivity index (χ4v) is 2.91. The van der Waals surface area contributed by atoms with Crippen LogP contribution in [-0.4, -0.2) is 27.2 Å². The van der Waals surface area contributed by atoms with Crippen molar-refractivity contribution >= 4 is 22.4 Å². The maximum Gasteiger partial charge on any atom is 0.342 e. The molecule has 0 saturated carbocycles. The van der Waals surface area contributed by atoms with E-state index in [1.165, 1.54) is 4.52 Å². The Kier molecular flexibility index (Phi) is 3.57. The van der Waals surface area contributed by atoms with Gasteiger partial charge in [-0.2, -0.15) is 4.52 Å². The van der Waals surface area contributed by atoms with Gasteiger partial charge in [-0.25, -0.2) is 9.78 Å². The van der Waals surface area contributed by atoms with Gasteiger partial charge in [0.25, 0.3) is 5.56 Å². The molecule has 0 aliphatic rings. The van der Waals surface area contributed by atoms with Crippen molar-refractivity contribution in [3.63, 3.8) is 0 Å². The van der Waals surface area contributed by atoms with Crippen molar-refractivity contribution < 1.29 is 9.53 Å². The van der Waals surface area contributed by atoms with Crippen LogP contribution in [-0.2, 0) is 4.74 Å². The number of nitrogens with one attached hydrogen (secondary N) is 1. The molecule has 0 amide bonds. The average Bonchev–Trinajstić information content (AvgIpc) is 3.08. The molecule has 25 heavy (non-hydrogen) atoms. The molecule has 2 heterocycles. The number of carbonyl (C=O) groups excluding carboxylic acids is 1. The van der Waals surface area contributed by atoms with Gasteiger partial charge in [0, 0.05) is 16.3 Å². The number of hydrogen-bond acceptors (Lipinski definition) is 4. The second kappa shape index (κ2) is 5.90. The summed E-state index contributed by atoms with van der Waals surface area (Å²) >= 11 is 0. The number of benzene rings is 2. The van der Waals surface area contributed by atoms with Crippen LogP contribution in [0.1, 0.15) is 17.3 Å². The summed E-state index contributed by atoms with van der Waals surface area (Å²) in [7, 11) is 0. The van der Waals surface area contributed by atoms with E-state index in [-0.39, 0.29) is 23.4 Å². The lowest BCUT2D eigenvalue weighted by Gasteiger charge is -2.07. The summed E-state index contributed by atoms with van der Waals surface area (Å²) in [5.41, 5.74) is 1.12. The maximum atomic E-state index is 12.8. The normalized spacial score (nSPS) is 11.1. The number of carbonyl (C=O) groups is 1. The van der Waals surface area contributed by atoms with Gasteiger partial charge in [0.05, 0.1) is 6.61 Å². The number of aromatic amines is 1. The lowest BCUT2D eigenvalue weighted by molar-refractivity contribution is 0.0530. The Labute approximate surface area is 142 Å². The van der Waals surface area contributed by atoms with Crippen LogP contribution in [0.25, 0.3) is 27.8 Å². The fourth-order valence-electron chi connectivity index (χ4n) is 2.91. The molecule has 0 bridgehead atoms. The van der Waals surface area contributed by atoms with E-state index in [9.17, 15) is 9.59 Å². The van der Waals surface area contributed by atoms with Crippen LogP contribution in [0.4, 0.5) is 0 Å². The minimum atomic E-state index is -0.498. The van der Waals surface area contributed by atoms with Crippen LogP contribution in [0.3, 0.4) is 0 Å². The predicted molar refractivity (Wildman–Crippen MR) is 94.7 cm³/mol. The van der Waals surface area contributed by atoms with E-state index in [1.807, 2.05) is 30.3 Å². The third-order valence-corrected chi connectivity index (χ3v) is 4.03. The van der Waals surface area contributed by atoms with Crippen LogP contribution in [0, 0.1) is 0 Å². The maximum absolute atomic E-state index is 12.8. The van der Waals surface area contributed by atoms with Gasteiger partial charge in [-0.15, -0.1) is 0 Å². The SMILES string of the molecule is CCOC(=O)c1c2ccccc2c(=O)n2[nH]c(-c3ccccc3)nc12. The van der Waals surface area contributed by atoms with Crippen molar-refractivity contribution in [3.8, 4) is 11.4 Å². The molecular weight excluding hydrogens is 318 g/mol. The Balaban J connectivity index is 2.11. The Bertz CT molecular complexity index is 1140. The fraction of sp³-hybridized carbons (Fsp3) is 0.105. The topological polar surface area (TPSA) is 76.5 Å². The van der Waals surface area contributed by atoms with Gasteiger partial charge < -0.3 is 4.74 Å². The van der Waals surface area contributed by atoms with Gasteiger partial charge in [0.15, 0.2) is 11.5 Å². The third-order valence-electron chi connectivity index (χ3n) is 4.03. The third kappa shape index (κ3) is 2.39. The molecule has 2 aromatic heterocycles. The summed E-state index contributed by atoms with van der Waals surface area (Å²) in [6, 6.07) is 16.4. The smallest absolute Gasteiger partial charge is 0.342 e. The molecule has 0 fully saturated rings. The second-order valence-corrected chi connectivity index (χ2v) is 5.54. The molecule has 0 aliphatic carbocycles. The predicted octanol–water partition coefficient (Wildman–Crippen LogP) is 3.02. The number of rotatable bonds is 3. The van der Waals surface area contributed by atoms with Gasteiger partial charge in [0.2, 0.25) is 0 Å². The molecule has 0 unspecified atom stereocenters. The second-order valence-electron chi connectivity index (χ2n) is 5.54. The van der Waals surface area contributed by atoms with E-state index >= 15 is 0 Å². The standard InChI is InChI=1S/C19H15N3O3/c1-2-25-19(24)15-13-10-6-7-11-14(13)18(23)22-17(15)20-16(21-22)12-8-4-3-5-9-12/h3-11H,2H2,1H3,(H,20,21). The summed E-state index contributed by atoms with van der Waals surface area (Å²) in [4.78, 5) is 29.8. The number of aromatic nitrogens is 3. The number of nitrogens with zero attached hydrogens (tertiary/aromatic N) is 2. The van der Waals surface area contributed by atoms with E-state index in [4.69, 9.17) is 4.74 Å². The van der Waals surface area contributed by atoms with Crippen molar-refractivity contribution in [1.82, 2.24) is 14.6 Å². The summed E-state index contributed by atoms with van der Waals surface area (Å²) in [6.45, 7) is 1.99. The van der Waals surface area contributed by atoms with Gasteiger partial charge >= 0.3 is 5.97 Å². The zero-order valence-electron chi connectivity index (χ0n) is 13.5. The molecule has 0 spiro atoms. The Morgan fingerprint density at radius 2 is 1.76 bits per heavy atom. The highest BCUT2D eigenvalue weighted by Crippen LogP contribution is 2.23. The minimum Gasteiger partial charge on any atom is -0.462 e. The molecule has 2 aromatic carbocycles. The quantitative estimate of drug-likeness (QED) is 0.585. The molecule has 1 N–H and O–H groups in total. The van der Waals surface area contributed by atoms with E-state index in [0.29, 0.717) is 16.6 Å². The van der Waals surface area contributed by atoms with E-state index < -0.39 is 5.97 Å². The number of fused-ring (bicyclic) bond motifs is 2. The van der Waals surface area contributed by atoms with Crippen LogP contribution in [0.2, 0.25) is 0 Å². The van der Waals surface area contributed by atoms with Crippen LogP contribution in [0.15, 0.2) is 59.4 Å². The van der Waals surface area contributed by atoms with Gasteiger partial charge in [0.1, 0.15) is 5.56 Å². The molecule has 4 aromatic rings. The van der Waals surface area contributed by atoms with Crippen molar-refractivity contribution in [3.05, 3.63) is 70.5 Å². The first-order chi connectivity index (χ1) is 12.2. The summed E-state index contributed by atoms with van der Waals surface area (Å²) < 4.78 is 6.49. The van der Waals surface area contributed by atoms with Crippen LogP contribution >= 0.6 is 0 Å². The lowest BCUT2D eigenvalue weighted by atomic mass is 10.1. The highest BCUT2D eigenvalue weighted by atomic mass is 16.5. The molecule has 0 aliphatic heterocycles. The molecule has 0 radical (unpaired) electrons. The van der Waals surface area contributed by atoms with Crippen molar-refractivity contribution in [2.24, 2.45) is 0 Å². The highest BCUT2D eigenvalue weighted by Gasteiger charge is 2.21. The zero-order valence-corrected chi connectivity index (χ0v) is 13.5. The first-order valence-electron chi connectivity index (χ1n) is 7.96. The molecular formula is C19H15N3O3. The number of hydrogen-bond donors (Lipinski definition) is 1.